The summed E-state index contributed by atoms with van der Waals surface area (Å²) in [5.41, 5.74) is 23.4. The van der Waals surface area contributed by atoms with Gasteiger partial charge in [-0.25, -0.2) is 0 Å². The quantitative estimate of drug-likeness (QED) is 0.226. The second-order valence-corrected chi connectivity index (χ2v) is 3.07. The van der Waals surface area contributed by atoms with Crippen LogP contribution in [0.1, 0.15) is 5.56 Å². The van der Waals surface area contributed by atoms with E-state index in [1.54, 1.807) is 6.92 Å². The van der Waals surface area contributed by atoms with Crippen LogP contribution in [0.3, 0.4) is 0 Å². The summed E-state index contributed by atoms with van der Waals surface area (Å²) in [5.74, 6) is 0. The van der Waals surface area contributed by atoms with E-state index in [9.17, 15) is 0 Å². The predicted octanol–water partition coefficient (Wildman–Crippen LogP) is -2.00. The molecule has 0 aromatic heterocycles. The molecule has 0 fully saturated rings. The maximum Gasteiger partial charge on any atom is 0.492 e. The van der Waals surface area contributed by atoms with Crippen LogP contribution in [0.5, 0.6) is 0 Å². The van der Waals surface area contributed by atoms with E-state index in [1.165, 1.54) is 0 Å². The first-order valence-corrected chi connectivity index (χ1v) is 3.96. The Balaban J connectivity index is 3.60. The Morgan fingerprint density at radius 2 is 1.21 bits per heavy atom. The molecule has 0 aliphatic carbocycles. The molecule has 1 aromatic rings. The first-order chi connectivity index (χ1) is 6.37. The largest absolute Gasteiger partial charge is 0.492 e. The minimum atomic E-state index is -1.78. The molecule has 1 aromatic carbocycles. The van der Waals surface area contributed by atoms with Crippen molar-refractivity contribution < 1.29 is 10.0 Å². The maximum absolute atomic E-state index is 9.01. The molecule has 14 heavy (non-hydrogen) atoms. The van der Waals surface area contributed by atoms with Crippen LogP contribution in [0.2, 0.25) is 0 Å². The Morgan fingerprint density at radius 3 is 1.50 bits per heavy atom. The smallest absolute Gasteiger partial charge is 0.423 e. The Morgan fingerprint density at radius 1 is 0.857 bits per heavy atom. The van der Waals surface area contributed by atoms with Gasteiger partial charge in [0.05, 0.1) is 22.7 Å². The van der Waals surface area contributed by atoms with Gasteiger partial charge in [0.2, 0.25) is 0 Å². The molecule has 10 N–H and O–H groups in total. The fourth-order valence-electron chi connectivity index (χ4n) is 1.26. The van der Waals surface area contributed by atoms with E-state index in [2.05, 4.69) is 0 Å². The molecule has 0 amide bonds. The first-order valence-electron chi connectivity index (χ1n) is 3.96. The molecular formula is C7H13BN4O2. The van der Waals surface area contributed by atoms with Gasteiger partial charge in [-0.1, -0.05) is 0 Å². The van der Waals surface area contributed by atoms with Crippen molar-refractivity contribution in [2.45, 2.75) is 6.92 Å². The van der Waals surface area contributed by atoms with Crippen molar-refractivity contribution in [3.8, 4) is 0 Å². The topological polar surface area (TPSA) is 145 Å². The van der Waals surface area contributed by atoms with Crippen LogP contribution in [0.15, 0.2) is 0 Å². The van der Waals surface area contributed by atoms with Crippen LogP contribution in [0.25, 0.3) is 0 Å². The molecule has 0 heterocycles. The van der Waals surface area contributed by atoms with Crippen LogP contribution < -0.4 is 28.4 Å². The highest BCUT2D eigenvalue weighted by Crippen LogP contribution is 2.28. The van der Waals surface area contributed by atoms with Crippen LogP contribution in [0, 0.1) is 6.92 Å². The number of anilines is 4. The lowest BCUT2D eigenvalue weighted by atomic mass is 9.76. The number of hydrogen-bond acceptors (Lipinski definition) is 6. The standard InChI is InChI=1S/C7H13BN4O2/c1-2-4(9)6(11)3(8(13)14)7(12)5(2)10/h13-14H,9-12H2,1H3. The molecule has 0 saturated heterocycles. The van der Waals surface area contributed by atoms with Crippen molar-refractivity contribution in [1.82, 2.24) is 0 Å². The highest BCUT2D eigenvalue weighted by atomic mass is 16.4. The summed E-state index contributed by atoms with van der Waals surface area (Å²) in [5, 5.41) is 18.0. The van der Waals surface area contributed by atoms with Crippen LogP contribution >= 0.6 is 0 Å². The van der Waals surface area contributed by atoms with E-state index in [-0.39, 0.29) is 28.2 Å². The third-order valence-corrected chi connectivity index (χ3v) is 2.23. The summed E-state index contributed by atoms with van der Waals surface area (Å²) in [6, 6.07) is 0. The van der Waals surface area contributed by atoms with Crippen molar-refractivity contribution in [3.63, 3.8) is 0 Å². The molecule has 0 bridgehead atoms. The van der Waals surface area contributed by atoms with Crippen molar-refractivity contribution in [3.05, 3.63) is 5.56 Å². The summed E-state index contributed by atoms with van der Waals surface area (Å²) in [7, 11) is -1.78. The Labute approximate surface area is 81.6 Å². The van der Waals surface area contributed by atoms with Crippen LogP contribution in [-0.4, -0.2) is 17.2 Å². The number of nitrogens with two attached hydrogens (primary N) is 4. The zero-order chi connectivity index (χ0) is 11.0. The molecule has 0 saturated carbocycles. The van der Waals surface area contributed by atoms with Gasteiger partial charge < -0.3 is 33.0 Å². The van der Waals surface area contributed by atoms with Gasteiger partial charge in [0.15, 0.2) is 0 Å². The van der Waals surface area contributed by atoms with Gasteiger partial charge in [-0.3, -0.25) is 0 Å². The summed E-state index contributed by atoms with van der Waals surface area (Å²) in [4.78, 5) is 0. The molecule has 0 spiro atoms. The third kappa shape index (κ3) is 1.32. The molecule has 0 unspecified atom stereocenters. The Hall–Kier alpha value is -1.60. The van der Waals surface area contributed by atoms with E-state index in [1.807, 2.05) is 0 Å². The third-order valence-electron chi connectivity index (χ3n) is 2.23. The fourth-order valence-corrected chi connectivity index (χ4v) is 1.26. The normalized spacial score (nSPS) is 10.2. The molecule has 0 aliphatic heterocycles. The van der Waals surface area contributed by atoms with E-state index in [4.69, 9.17) is 33.0 Å². The highest BCUT2D eigenvalue weighted by molar-refractivity contribution is 6.63. The number of rotatable bonds is 1. The van der Waals surface area contributed by atoms with E-state index >= 15 is 0 Å². The average Bonchev–Trinajstić information content (AvgIpc) is 2.11. The zero-order valence-electron chi connectivity index (χ0n) is 7.78. The van der Waals surface area contributed by atoms with E-state index < -0.39 is 7.12 Å². The molecule has 0 atom stereocenters. The van der Waals surface area contributed by atoms with Crippen molar-refractivity contribution in [2.75, 3.05) is 22.9 Å². The van der Waals surface area contributed by atoms with Gasteiger partial charge in [-0.05, 0) is 12.5 Å². The fraction of sp³-hybridized carbons (Fsp3) is 0.143. The number of hydrogen-bond donors (Lipinski definition) is 6. The maximum atomic E-state index is 9.01. The van der Waals surface area contributed by atoms with Crippen LogP contribution in [0.4, 0.5) is 22.7 Å². The number of nitrogen functional groups attached to an aromatic ring is 4. The van der Waals surface area contributed by atoms with Gasteiger partial charge in [0.25, 0.3) is 0 Å². The molecule has 0 aliphatic rings. The van der Waals surface area contributed by atoms with Crippen LogP contribution in [-0.2, 0) is 0 Å². The summed E-state index contributed by atoms with van der Waals surface area (Å²) < 4.78 is 0. The van der Waals surface area contributed by atoms with Crippen molar-refractivity contribution in [2.24, 2.45) is 0 Å². The highest BCUT2D eigenvalue weighted by Gasteiger charge is 2.23. The predicted molar refractivity (Wildman–Crippen MR) is 58.7 cm³/mol. The molecular weight excluding hydrogens is 183 g/mol. The van der Waals surface area contributed by atoms with Crippen molar-refractivity contribution >= 4 is 35.3 Å². The second kappa shape index (κ2) is 3.28. The summed E-state index contributed by atoms with van der Waals surface area (Å²) in [6.45, 7) is 1.66. The molecule has 0 radical (unpaired) electrons. The zero-order valence-corrected chi connectivity index (χ0v) is 7.78. The van der Waals surface area contributed by atoms with Gasteiger partial charge in [0, 0.05) is 5.46 Å². The first kappa shape index (κ1) is 10.5. The minimum absolute atomic E-state index is 0.0365. The lowest BCUT2D eigenvalue weighted by Crippen LogP contribution is -2.36. The van der Waals surface area contributed by atoms with E-state index in [0.29, 0.717) is 5.56 Å². The molecule has 7 heteroatoms. The van der Waals surface area contributed by atoms with Gasteiger partial charge >= 0.3 is 7.12 Å². The molecule has 1 rings (SSSR count). The average molecular weight is 196 g/mol. The Kier molecular flexibility index (Phi) is 2.46. The molecule has 76 valence electrons. The van der Waals surface area contributed by atoms with E-state index in [0.717, 1.165) is 0 Å². The summed E-state index contributed by atoms with van der Waals surface area (Å²) in [6.07, 6.45) is 0. The number of benzene rings is 1. The minimum Gasteiger partial charge on any atom is -0.423 e. The monoisotopic (exact) mass is 196 g/mol. The lowest BCUT2D eigenvalue weighted by Gasteiger charge is -2.16. The summed E-state index contributed by atoms with van der Waals surface area (Å²) >= 11 is 0. The van der Waals surface area contributed by atoms with Gasteiger partial charge in [0.1, 0.15) is 0 Å². The second-order valence-electron chi connectivity index (χ2n) is 3.07. The van der Waals surface area contributed by atoms with Crippen molar-refractivity contribution in [1.29, 1.82) is 0 Å². The van der Waals surface area contributed by atoms with Gasteiger partial charge in [-0.2, -0.15) is 0 Å². The molecule has 6 nitrogen and oxygen atoms in total. The lowest BCUT2D eigenvalue weighted by molar-refractivity contribution is 0.426. The van der Waals surface area contributed by atoms with Gasteiger partial charge in [-0.15, -0.1) is 0 Å². The SMILES string of the molecule is Cc1c(N)c(N)c(B(O)O)c(N)c1N. The Bertz CT molecular complexity index is 351.